The number of rotatable bonds is 5. The van der Waals surface area contributed by atoms with Crippen molar-refractivity contribution in [3.05, 3.63) is 35.9 Å². The van der Waals surface area contributed by atoms with E-state index in [1.807, 2.05) is 6.07 Å². The molecule has 2 saturated heterocycles. The summed E-state index contributed by atoms with van der Waals surface area (Å²) in [6.07, 6.45) is -2.43. The minimum Gasteiger partial charge on any atom is -0.380 e. The Morgan fingerprint density at radius 1 is 1.08 bits per heavy atom. The van der Waals surface area contributed by atoms with Gasteiger partial charge in [-0.25, -0.2) is 0 Å². The highest BCUT2D eigenvalue weighted by Crippen LogP contribution is 2.50. The van der Waals surface area contributed by atoms with E-state index in [1.54, 1.807) is 0 Å². The molecule has 2 aromatic carbocycles. The van der Waals surface area contributed by atoms with Crippen LogP contribution in [-0.2, 0) is 10.9 Å². The molecule has 0 saturated carbocycles. The molecule has 2 aromatic rings. The van der Waals surface area contributed by atoms with Crippen molar-refractivity contribution in [2.24, 2.45) is 5.73 Å². The zero-order valence-corrected chi connectivity index (χ0v) is 22.7. The Balaban J connectivity index is 0.00000320. The lowest BCUT2D eigenvalue weighted by molar-refractivity contribution is -0.137. The van der Waals surface area contributed by atoms with Crippen LogP contribution < -0.4 is 21.3 Å². The zero-order chi connectivity index (χ0) is 25.4. The summed E-state index contributed by atoms with van der Waals surface area (Å²) in [5.41, 5.74) is 8.23. The molecule has 0 bridgehead atoms. The first-order chi connectivity index (χ1) is 17.2. The molecule has 4 N–H and O–H groups in total. The number of nitrogens with two attached hydrogens (primary N) is 1. The van der Waals surface area contributed by atoms with Gasteiger partial charge in [0, 0.05) is 60.8 Å². The highest BCUT2D eigenvalue weighted by atomic mass is 35.5. The molecule has 204 valence electrons. The Morgan fingerprint density at radius 3 is 2.43 bits per heavy atom. The minimum absolute atomic E-state index is 0. The number of nitrogens with one attached hydrogen (secondary N) is 2. The monoisotopic (exact) mass is 557 g/mol. The van der Waals surface area contributed by atoms with Crippen LogP contribution in [0.4, 0.5) is 35.9 Å². The van der Waals surface area contributed by atoms with E-state index in [2.05, 4.69) is 46.4 Å². The van der Waals surface area contributed by atoms with Crippen LogP contribution in [0.1, 0.15) is 32.3 Å². The van der Waals surface area contributed by atoms with Gasteiger partial charge in [-0.3, -0.25) is 0 Å². The smallest absolute Gasteiger partial charge is 0.380 e. The quantitative estimate of drug-likeness (QED) is 0.367. The first kappa shape index (κ1) is 28.2. The van der Waals surface area contributed by atoms with E-state index in [0.29, 0.717) is 22.8 Å². The molecule has 0 aliphatic carbocycles. The number of likely N-dealkylation sites (tertiary alicyclic amines) is 1. The second-order valence-electron chi connectivity index (χ2n) is 10.0. The number of hydrogen-bond acceptors (Lipinski definition) is 7. The van der Waals surface area contributed by atoms with Gasteiger partial charge >= 0.3 is 6.18 Å². The second kappa shape index (κ2) is 11.5. The van der Waals surface area contributed by atoms with Gasteiger partial charge < -0.3 is 30.9 Å². The molecule has 2 unspecified atom stereocenters. The molecule has 3 aliphatic rings. The number of hydrogen-bond donors (Lipinski definition) is 3. The van der Waals surface area contributed by atoms with E-state index >= 15 is 0 Å². The Labute approximate surface area is 226 Å². The van der Waals surface area contributed by atoms with Crippen LogP contribution in [0.15, 0.2) is 40.1 Å². The van der Waals surface area contributed by atoms with Crippen molar-refractivity contribution in [2.45, 2.75) is 60.9 Å². The first-order valence-corrected chi connectivity index (χ1v) is 13.4. The van der Waals surface area contributed by atoms with Crippen molar-refractivity contribution in [2.75, 3.05) is 54.8 Å². The molecule has 3 aliphatic heterocycles. The Hall–Kier alpha value is -1.85. The molecule has 0 radical (unpaired) electrons. The van der Waals surface area contributed by atoms with Crippen molar-refractivity contribution in [3.63, 3.8) is 0 Å². The number of benzene rings is 2. The Bertz CT molecular complexity index is 1090. The van der Waals surface area contributed by atoms with Gasteiger partial charge in [0.05, 0.1) is 34.8 Å². The fourth-order valence-corrected chi connectivity index (χ4v) is 6.44. The molecule has 0 amide bonds. The van der Waals surface area contributed by atoms with Gasteiger partial charge in [0.2, 0.25) is 0 Å². The van der Waals surface area contributed by atoms with E-state index in [4.69, 9.17) is 10.5 Å². The molecule has 6 nitrogen and oxygen atoms in total. The van der Waals surface area contributed by atoms with E-state index in [-0.39, 0.29) is 30.7 Å². The Kier molecular flexibility index (Phi) is 8.75. The highest BCUT2D eigenvalue weighted by molar-refractivity contribution is 7.99. The number of alkyl halides is 3. The third-order valence-electron chi connectivity index (χ3n) is 7.05. The molecule has 2 atom stereocenters. The van der Waals surface area contributed by atoms with Gasteiger partial charge in [0.15, 0.2) is 0 Å². The number of halogens is 4. The lowest BCUT2D eigenvalue weighted by Crippen LogP contribution is -2.45. The van der Waals surface area contributed by atoms with E-state index < -0.39 is 11.7 Å². The van der Waals surface area contributed by atoms with Crippen LogP contribution in [-0.4, -0.2) is 62.4 Å². The van der Waals surface area contributed by atoms with Crippen LogP contribution in [0.5, 0.6) is 0 Å². The maximum atomic E-state index is 13.8. The van der Waals surface area contributed by atoms with Crippen LogP contribution in [0.25, 0.3) is 0 Å². The summed E-state index contributed by atoms with van der Waals surface area (Å²) >= 11 is 1.39. The van der Waals surface area contributed by atoms with Crippen LogP contribution >= 0.6 is 24.2 Å². The van der Waals surface area contributed by atoms with Crippen molar-refractivity contribution in [3.8, 4) is 0 Å². The third kappa shape index (κ3) is 6.42. The maximum absolute atomic E-state index is 13.8. The SMILES string of the molecule is CC1CN(c2ccc3c(c2)Sc2cc(C(F)(F)F)cc(NC4CCN(CCN)CC4)c2N3)CC(C)O1.Cl. The summed E-state index contributed by atoms with van der Waals surface area (Å²) < 4.78 is 47.4. The molecule has 37 heavy (non-hydrogen) atoms. The standard InChI is InChI=1S/C26H34F3N5OS.ClH/c1-16-14-34(15-17(2)35-16)20-3-4-21-23(13-20)36-24-12-18(26(27,28)29)11-22(25(24)32-21)31-19-5-8-33(9-6-19)10-7-30;/h3-4,11-13,16-17,19,31-32H,5-10,14-15,30H2,1-2H3;1H. The molecular formula is C26H35ClF3N5OS. The minimum atomic E-state index is -4.42. The lowest BCUT2D eigenvalue weighted by Gasteiger charge is -2.37. The molecule has 2 fully saturated rings. The molecule has 11 heteroatoms. The summed E-state index contributed by atoms with van der Waals surface area (Å²) in [5, 5.41) is 6.87. The van der Waals surface area contributed by atoms with Crippen molar-refractivity contribution < 1.29 is 17.9 Å². The molecule has 0 aromatic heterocycles. The number of piperidine rings is 1. The predicted octanol–water partition coefficient (Wildman–Crippen LogP) is 5.78. The van der Waals surface area contributed by atoms with Gasteiger partial charge in [-0.15, -0.1) is 12.4 Å². The molecule has 0 spiro atoms. The third-order valence-corrected chi connectivity index (χ3v) is 8.15. The number of fused-ring (bicyclic) bond motifs is 2. The van der Waals surface area contributed by atoms with Crippen LogP contribution in [0, 0.1) is 0 Å². The fraction of sp³-hybridized carbons (Fsp3) is 0.538. The topological polar surface area (TPSA) is 65.8 Å². The average Bonchev–Trinajstić information content (AvgIpc) is 2.82. The van der Waals surface area contributed by atoms with Crippen molar-refractivity contribution in [1.82, 2.24) is 4.90 Å². The van der Waals surface area contributed by atoms with E-state index in [9.17, 15) is 13.2 Å². The van der Waals surface area contributed by atoms with Crippen LogP contribution in [0.3, 0.4) is 0 Å². The molecule has 5 rings (SSSR count). The normalized spacial score (nSPS) is 22.5. The number of morpholine rings is 1. The molecule has 3 heterocycles. The Morgan fingerprint density at radius 2 is 1.78 bits per heavy atom. The highest BCUT2D eigenvalue weighted by Gasteiger charge is 2.34. The number of ether oxygens (including phenoxy) is 1. The van der Waals surface area contributed by atoms with Gasteiger partial charge in [-0.2, -0.15) is 13.2 Å². The van der Waals surface area contributed by atoms with Gasteiger partial charge in [-0.05, 0) is 57.0 Å². The van der Waals surface area contributed by atoms with Gasteiger partial charge in [0.25, 0.3) is 0 Å². The number of nitrogens with zero attached hydrogens (tertiary/aromatic N) is 2. The number of anilines is 4. The predicted molar refractivity (Wildman–Crippen MR) is 147 cm³/mol. The second-order valence-corrected chi connectivity index (χ2v) is 11.1. The zero-order valence-electron chi connectivity index (χ0n) is 21.1. The van der Waals surface area contributed by atoms with Crippen molar-refractivity contribution >= 4 is 46.9 Å². The summed E-state index contributed by atoms with van der Waals surface area (Å²) in [5.74, 6) is 0. The molecular weight excluding hydrogens is 523 g/mol. The van der Waals surface area contributed by atoms with Crippen LogP contribution in [0.2, 0.25) is 0 Å². The van der Waals surface area contributed by atoms with Gasteiger partial charge in [-0.1, -0.05) is 11.8 Å². The van der Waals surface area contributed by atoms with E-state index in [1.165, 1.54) is 23.9 Å². The lowest BCUT2D eigenvalue weighted by atomic mass is 10.0. The largest absolute Gasteiger partial charge is 0.416 e. The summed E-state index contributed by atoms with van der Waals surface area (Å²) in [4.78, 5) is 6.09. The van der Waals surface area contributed by atoms with Gasteiger partial charge in [0.1, 0.15) is 0 Å². The van der Waals surface area contributed by atoms with Crippen molar-refractivity contribution in [1.29, 1.82) is 0 Å². The maximum Gasteiger partial charge on any atom is 0.416 e. The average molecular weight is 558 g/mol. The summed E-state index contributed by atoms with van der Waals surface area (Å²) in [6, 6.07) is 8.80. The summed E-state index contributed by atoms with van der Waals surface area (Å²) in [7, 11) is 0. The summed E-state index contributed by atoms with van der Waals surface area (Å²) in [6.45, 7) is 8.94. The van der Waals surface area contributed by atoms with E-state index in [0.717, 1.165) is 61.8 Å². The fourth-order valence-electron chi connectivity index (χ4n) is 5.34. The first-order valence-electron chi connectivity index (χ1n) is 12.6.